The topological polar surface area (TPSA) is 62.8 Å². The lowest BCUT2D eigenvalue weighted by atomic mass is 10.0. The van der Waals surface area contributed by atoms with Crippen LogP contribution < -0.4 is 11.1 Å². The number of terminal acetylenes is 1. The van der Waals surface area contributed by atoms with Crippen molar-refractivity contribution in [3.05, 3.63) is 84.0 Å². The van der Waals surface area contributed by atoms with Gasteiger partial charge in [0.15, 0.2) is 6.04 Å². The Kier molecular flexibility index (Phi) is 13.0. The number of halogens is 1. The van der Waals surface area contributed by atoms with Gasteiger partial charge in [-0.05, 0) is 50.0 Å². The van der Waals surface area contributed by atoms with Crippen molar-refractivity contribution in [3.8, 4) is 12.3 Å². The van der Waals surface area contributed by atoms with E-state index >= 15 is 0 Å². The van der Waals surface area contributed by atoms with Crippen LogP contribution in [0.1, 0.15) is 45.7 Å². The highest BCUT2D eigenvalue weighted by Gasteiger charge is 2.08. The molecule has 172 valence electrons. The standard InChI is InChI=1S/C25H31FN4.C2H6/c1-9-24(19(6)27)29-21(8)30-25(13-10-17(4)16(2)3)20(7)28-15-22-11-12-23(26)18(5)14-22;1-2/h1,10-14,17,24,28H,2,6-7,15,27H2,3-5,8H3;1-2H3. The Bertz CT molecular complexity index is 945. The molecule has 3 N–H and O–H groups in total. The zero-order valence-electron chi connectivity index (χ0n) is 20.3. The summed E-state index contributed by atoms with van der Waals surface area (Å²) in [5.74, 6) is 2.87. The lowest BCUT2D eigenvalue weighted by Gasteiger charge is -2.12. The molecule has 32 heavy (non-hydrogen) atoms. The molecule has 2 unspecified atom stereocenters. The van der Waals surface area contributed by atoms with Crippen LogP contribution in [0.3, 0.4) is 0 Å². The molecule has 0 heterocycles. The van der Waals surface area contributed by atoms with Gasteiger partial charge in [0.05, 0.1) is 11.4 Å². The maximum atomic E-state index is 13.5. The lowest BCUT2D eigenvalue weighted by molar-refractivity contribution is 0.617. The van der Waals surface area contributed by atoms with Crippen molar-refractivity contribution in [2.24, 2.45) is 21.6 Å². The minimum atomic E-state index is -0.642. The van der Waals surface area contributed by atoms with Gasteiger partial charge in [-0.25, -0.2) is 14.4 Å². The van der Waals surface area contributed by atoms with Crippen LogP contribution in [0, 0.1) is 31.0 Å². The quantitative estimate of drug-likeness (QED) is 0.220. The fourth-order valence-corrected chi connectivity index (χ4v) is 2.34. The molecule has 1 rings (SSSR count). The molecular weight excluding hydrogens is 399 g/mol. The molecule has 0 bridgehead atoms. The van der Waals surface area contributed by atoms with Crippen molar-refractivity contribution in [1.29, 1.82) is 0 Å². The first-order valence-corrected chi connectivity index (χ1v) is 10.6. The van der Waals surface area contributed by atoms with Gasteiger partial charge < -0.3 is 11.1 Å². The van der Waals surface area contributed by atoms with Gasteiger partial charge in [-0.15, -0.1) is 6.42 Å². The number of nitrogens with one attached hydrogen (secondary N) is 1. The molecule has 4 nitrogen and oxygen atoms in total. The van der Waals surface area contributed by atoms with Crippen LogP contribution in [0.5, 0.6) is 0 Å². The second kappa shape index (κ2) is 14.6. The Hall–Kier alpha value is -3.39. The largest absolute Gasteiger partial charge is 0.400 e. The first-order valence-electron chi connectivity index (χ1n) is 10.6. The monoisotopic (exact) mass is 436 g/mol. The molecule has 2 atom stereocenters. The Morgan fingerprint density at radius 2 is 1.91 bits per heavy atom. The van der Waals surface area contributed by atoms with Gasteiger partial charge in [0.2, 0.25) is 0 Å². The Balaban J connectivity index is 0.00000466. The zero-order chi connectivity index (χ0) is 24.8. The van der Waals surface area contributed by atoms with E-state index in [0.29, 0.717) is 29.4 Å². The molecule has 0 saturated carbocycles. The van der Waals surface area contributed by atoms with E-state index in [2.05, 4.69) is 41.0 Å². The maximum absolute atomic E-state index is 13.5. The van der Waals surface area contributed by atoms with E-state index in [-0.39, 0.29) is 17.4 Å². The van der Waals surface area contributed by atoms with Crippen molar-refractivity contribution < 1.29 is 4.39 Å². The van der Waals surface area contributed by atoms with Crippen molar-refractivity contribution in [3.63, 3.8) is 0 Å². The third-order valence-electron chi connectivity index (χ3n) is 4.46. The smallest absolute Gasteiger partial charge is 0.150 e. The van der Waals surface area contributed by atoms with Crippen LogP contribution in [0.15, 0.2) is 77.0 Å². The van der Waals surface area contributed by atoms with Crippen LogP contribution in [0.4, 0.5) is 4.39 Å². The minimum Gasteiger partial charge on any atom is -0.400 e. The number of nitrogens with two attached hydrogens (primary N) is 1. The first-order chi connectivity index (χ1) is 15.0. The van der Waals surface area contributed by atoms with Crippen LogP contribution in [0.25, 0.3) is 0 Å². The molecule has 0 aliphatic carbocycles. The van der Waals surface area contributed by atoms with Crippen molar-refractivity contribution in [2.45, 2.75) is 54.1 Å². The van der Waals surface area contributed by atoms with Crippen LogP contribution in [-0.4, -0.2) is 17.6 Å². The number of allylic oxidation sites excluding steroid dienone is 3. The minimum absolute atomic E-state index is 0.169. The van der Waals surface area contributed by atoms with Crippen molar-refractivity contribution in [1.82, 2.24) is 5.32 Å². The van der Waals surface area contributed by atoms with E-state index in [1.54, 1.807) is 26.0 Å². The van der Waals surface area contributed by atoms with Gasteiger partial charge in [-0.2, -0.15) is 0 Å². The molecule has 5 heteroatoms. The number of aryl methyl sites for hydroxylation is 1. The van der Waals surface area contributed by atoms with Crippen molar-refractivity contribution in [2.75, 3.05) is 0 Å². The maximum Gasteiger partial charge on any atom is 0.150 e. The zero-order valence-corrected chi connectivity index (χ0v) is 20.3. The van der Waals surface area contributed by atoms with Gasteiger partial charge in [-0.1, -0.05) is 70.2 Å². The second-order valence-corrected chi connectivity index (χ2v) is 7.23. The summed E-state index contributed by atoms with van der Waals surface area (Å²) in [7, 11) is 0. The number of amidine groups is 1. The lowest BCUT2D eigenvalue weighted by Crippen LogP contribution is -2.20. The SMILES string of the molecule is C#CC(N=C(C)N=C(C=CC(C)C(=C)C)C(=C)NCc1ccc(F)c(C)c1)C(=C)N.CC. The molecule has 0 saturated heterocycles. The number of nitrogens with zero attached hydrogens (tertiary/aromatic N) is 2. The number of hydrogen-bond acceptors (Lipinski definition) is 3. The normalized spacial score (nSPS) is 13.4. The van der Waals surface area contributed by atoms with Crippen LogP contribution in [-0.2, 0) is 6.54 Å². The molecule has 0 aliphatic heterocycles. The highest BCUT2D eigenvalue weighted by Crippen LogP contribution is 2.12. The molecule has 1 aromatic carbocycles. The van der Waals surface area contributed by atoms with E-state index in [0.717, 1.165) is 11.1 Å². The van der Waals surface area contributed by atoms with Gasteiger partial charge >= 0.3 is 0 Å². The first kappa shape index (κ1) is 28.6. The molecule has 0 aliphatic rings. The third kappa shape index (κ3) is 10.1. The van der Waals surface area contributed by atoms with E-state index in [1.807, 2.05) is 39.8 Å². The van der Waals surface area contributed by atoms with Crippen LogP contribution >= 0.6 is 0 Å². The average molecular weight is 437 g/mol. The number of rotatable bonds is 9. The number of aliphatic imine (C=N–C) groups is 2. The molecule has 0 radical (unpaired) electrons. The summed E-state index contributed by atoms with van der Waals surface area (Å²) in [4.78, 5) is 8.88. The van der Waals surface area contributed by atoms with E-state index < -0.39 is 6.04 Å². The molecule has 0 spiro atoms. The summed E-state index contributed by atoms with van der Waals surface area (Å²) >= 11 is 0. The average Bonchev–Trinajstić information content (AvgIpc) is 2.76. The predicted molar refractivity (Wildman–Crippen MR) is 138 cm³/mol. The predicted octanol–water partition coefficient (Wildman–Crippen LogP) is 5.87. The molecule has 0 fully saturated rings. The highest BCUT2D eigenvalue weighted by atomic mass is 19.1. The van der Waals surface area contributed by atoms with E-state index in [1.165, 1.54) is 6.07 Å². The van der Waals surface area contributed by atoms with Gasteiger partial charge in [0.1, 0.15) is 11.7 Å². The molecule has 0 aromatic heterocycles. The summed E-state index contributed by atoms with van der Waals surface area (Å²) in [6.45, 7) is 23.7. The Morgan fingerprint density at radius 3 is 2.41 bits per heavy atom. The fourth-order valence-electron chi connectivity index (χ4n) is 2.34. The summed E-state index contributed by atoms with van der Waals surface area (Å²) in [6, 6.07) is 4.34. The third-order valence-corrected chi connectivity index (χ3v) is 4.46. The van der Waals surface area contributed by atoms with Crippen molar-refractivity contribution >= 4 is 11.5 Å². The molecule has 1 aromatic rings. The summed E-state index contributed by atoms with van der Waals surface area (Å²) in [5, 5.41) is 3.24. The van der Waals surface area contributed by atoms with Crippen LogP contribution in [0.2, 0.25) is 0 Å². The second-order valence-electron chi connectivity index (χ2n) is 7.23. The van der Waals surface area contributed by atoms with E-state index in [4.69, 9.17) is 12.2 Å². The van der Waals surface area contributed by atoms with Gasteiger partial charge in [0.25, 0.3) is 0 Å². The summed E-state index contributed by atoms with van der Waals surface area (Å²) in [5.41, 5.74) is 9.72. The number of hydrogen-bond donors (Lipinski definition) is 2. The van der Waals surface area contributed by atoms with E-state index in [9.17, 15) is 4.39 Å². The van der Waals surface area contributed by atoms with Gasteiger partial charge in [0, 0.05) is 12.2 Å². The molecular formula is C27H37FN4. The summed E-state index contributed by atoms with van der Waals surface area (Å²) < 4.78 is 13.5. The highest BCUT2D eigenvalue weighted by molar-refractivity contribution is 6.12. The van der Waals surface area contributed by atoms with Gasteiger partial charge in [-0.3, -0.25) is 0 Å². The molecule has 0 amide bonds. The fraction of sp³-hybridized carbons (Fsp3) is 0.333. The number of benzene rings is 1. The Morgan fingerprint density at radius 1 is 1.28 bits per heavy atom. The summed E-state index contributed by atoms with van der Waals surface area (Å²) in [6.07, 6.45) is 9.31. The Labute approximate surface area is 193 Å².